The molecule has 0 aliphatic heterocycles. The molecule has 0 heterocycles. The van der Waals surface area contributed by atoms with Gasteiger partial charge in [0.2, 0.25) is 0 Å². The summed E-state index contributed by atoms with van der Waals surface area (Å²) in [5.41, 5.74) is 5.71. The molecule has 1 rings (SSSR count). The topological polar surface area (TPSA) is 55.5 Å². The van der Waals surface area contributed by atoms with Gasteiger partial charge in [-0.1, -0.05) is 20.8 Å². The van der Waals surface area contributed by atoms with Gasteiger partial charge in [0.1, 0.15) is 0 Å². The molecule has 1 aliphatic rings. The number of nitrogens with two attached hydrogens (primary N) is 1. The average Bonchev–Trinajstić information content (AvgIpc) is 2.11. The fourth-order valence-corrected chi connectivity index (χ4v) is 2.70. The lowest BCUT2D eigenvalue weighted by molar-refractivity contribution is -0.0535. The Kier molecular flexibility index (Phi) is 6.87. The second-order valence-corrected chi connectivity index (χ2v) is 5.76. The zero-order chi connectivity index (χ0) is 11.5. The van der Waals surface area contributed by atoms with E-state index in [4.69, 9.17) is 10.5 Å². The summed E-state index contributed by atoms with van der Waals surface area (Å²) in [5, 5.41) is 9.33. The Bertz CT molecular complexity index is 199. The number of rotatable bonds is 4. The number of hydrogen-bond donors (Lipinski definition) is 2. The zero-order valence-electron chi connectivity index (χ0n) is 10.6. The SMILES string of the molecule is CC1CC(OCC(O)CN)CC(C)(C)C1.Cl. The van der Waals surface area contributed by atoms with Crippen LogP contribution in [0.5, 0.6) is 0 Å². The van der Waals surface area contributed by atoms with E-state index in [9.17, 15) is 5.11 Å². The van der Waals surface area contributed by atoms with E-state index in [-0.39, 0.29) is 19.0 Å². The van der Waals surface area contributed by atoms with Crippen LogP contribution in [0, 0.1) is 11.3 Å². The molecule has 0 amide bonds. The molecule has 0 saturated heterocycles. The van der Waals surface area contributed by atoms with Gasteiger partial charge in [0, 0.05) is 6.54 Å². The molecule has 98 valence electrons. The highest BCUT2D eigenvalue weighted by molar-refractivity contribution is 5.85. The zero-order valence-corrected chi connectivity index (χ0v) is 11.4. The Balaban J connectivity index is 0.00000225. The highest BCUT2D eigenvalue weighted by atomic mass is 35.5. The van der Waals surface area contributed by atoms with E-state index >= 15 is 0 Å². The van der Waals surface area contributed by atoms with Crippen LogP contribution in [-0.2, 0) is 4.74 Å². The first-order valence-electron chi connectivity index (χ1n) is 5.92. The minimum Gasteiger partial charge on any atom is -0.389 e. The summed E-state index contributed by atoms with van der Waals surface area (Å²) < 4.78 is 5.71. The standard InChI is InChI=1S/C12H25NO2.ClH/c1-9-4-11(6-12(2,3)5-9)15-8-10(14)7-13;/h9-11,14H,4-8,13H2,1-3H3;1H. The van der Waals surface area contributed by atoms with Gasteiger partial charge in [-0.3, -0.25) is 0 Å². The Morgan fingerprint density at radius 3 is 2.56 bits per heavy atom. The molecule has 0 bridgehead atoms. The van der Waals surface area contributed by atoms with Gasteiger partial charge in [-0.05, 0) is 30.6 Å². The normalized spacial score (nSPS) is 30.6. The lowest BCUT2D eigenvalue weighted by Gasteiger charge is -2.39. The minimum absolute atomic E-state index is 0. The molecule has 0 aromatic heterocycles. The van der Waals surface area contributed by atoms with Crippen molar-refractivity contribution in [2.24, 2.45) is 17.1 Å². The molecular weight excluding hydrogens is 226 g/mol. The van der Waals surface area contributed by atoms with Crippen molar-refractivity contribution in [2.45, 2.75) is 52.2 Å². The van der Waals surface area contributed by atoms with Crippen molar-refractivity contribution < 1.29 is 9.84 Å². The van der Waals surface area contributed by atoms with E-state index < -0.39 is 6.10 Å². The molecule has 1 saturated carbocycles. The molecule has 1 fully saturated rings. The maximum atomic E-state index is 9.33. The van der Waals surface area contributed by atoms with Gasteiger partial charge < -0.3 is 15.6 Å². The average molecular weight is 252 g/mol. The molecule has 3 nitrogen and oxygen atoms in total. The van der Waals surface area contributed by atoms with E-state index in [1.165, 1.54) is 6.42 Å². The van der Waals surface area contributed by atoms with Gasteiger partial charge in [-0.15, -0.1) is 12.4 Å². The summed E-state index contributed by atoms with van der Waals surface area (Å²) in [7, 11) is 0. The van der Waals surface area contributed by atoms with Crippen molar-refractivity contribution in [2.75, 3.05) is 13.2 Å². The van der Waals surface area contributed by atoms with Gasteiger partial charge in [0.25, 0.3) is 0 Å². The van der Waals surface area contributed by atoms with Crippen LogP contribution in [0.2, 0.25) is 0 Å². The molecule has 16 heavy (non-hydrogen) atoms. The summed E-state index contributed by atoms with van der Waals surface area (Å²) in [5.74, 6) is 0.716. The van der Waals surface area contributed by atoms with Crippen LogP contribution in [0.3, 0.4) is 0 Å². The Morgan fingerprint density at radius 2 is 2.06 bits per heavy atom. The fraction of sp³-hybridized carbons (Fsp3) is 1.00. The first-order valence-corrected chi connectivity index (χ1v) is 5.92. The van der Waals surface area contributed by atoms with Crippen molar-refractivity contribution in [3.05, 3.63) is 0 Å². The van der Waals surface area contributed by atoms with Crippen molar-refractivity contribution in [1.82, 2.24) is 0 Å². The highest BCUT2D eigenvalue weighted by Gasteiger charge is 2.32. The molecule has 3 N–H and O–H groups in total. The number of ether oxygens (including phenoxy) is 1. The van der Waals surface area contributed by atoms with Gasteiger partial charge in [0.05, 0.1) is 18.8 Å². The van der Waals surface area contributed by atoms with E-state index in [1.54, 1.807) is 0 Å². The third kappa shape index (κ3) is 5.48. The van der Waals surface area contributed by atoms with E-state index in [2.05, 4.69) is 20.8 Å². The van der Waals surface area contributed by atoms with E-state index in [0.717, 1.165) is 12.8 Å². The smallest absolute Gasteiger partial charge is 0.0895 e. The van der Waals surface area contributed by atoms with Gasteiger partial charge in [-0.25, -0.2) is 0 Å². The summed E-state index contributed by atoms with van der Waals surface area (Å²) in [4.78, 5) is 0. The van der Waals surface area contributed by atoms with Gasteiger partial charge in [0.15, 0.2) is 0 Å². The summed E-state index contributed by atoms with van der Waals surface area (Å²) in [6.07, 6.45) is 3.26. The third-order valence-corrected chi connectivity index (χ3v) is 3.14. The molecule has 3 unspecified atom stereocenters. The summed E-state index contributed by atoms with van der Waals surface area (Å²) in [6, 6.07) is 0. The van der Waals surface area contributed by atoms with E-state index in [1.807, 2.05) is 0 Å². The van der Waals surface area contributed by atoms with Gasteiger partial charge in [-0.2, -0.15) is 0 Å². The lowest BCUT2D eigenvalue weighted by Crippen LogP contribution is -2.35. The van der Waals surface area contributed by atoms with Crippen LogP contribution < -0.4 is 5.73 Å². The summed E-state index contributed by atoms with van der Waals surface area (Å²) >= 11 is 0. The van der Waals surface area contributed by atoms with Crippen molar-refractivity contribution in [3.8, 4) is 0 Å². The quantitative estimate of drug-likeness (QED) is 0.803. The largest absolute Gasteiger partial charge is 0.389 e. The maximum Gasteiger partial charge on any atom is 0.0895 e. The number of hydrogen-bond acceptors (Lipinski definition) is 3. The van der Waals surface area contributed by atoms with E-state index in [0.29, 0.717) is 24.0 Å². The number of aliphatic hydroxyl groups excluding tert-OH is 1. The molecular formula is C12H26ClNO2. The van der Waals surface area contributed by atoms with Crippen LogP contribution in [0.15, 0.2) is 0 Å². The number of aliphatic hydroxyl groups is 1. The predicted octanol–water partition coefficient (Wildman–Crippen LogP) is 1.96. The Morgan fingerprint density at radius 1 is 1.44 bits per heavy atom. The monoisotopic (exact) mass is 251 g/mol. The maximum absolute atomic E-state index is 9.33. The third-order valence-electron chi connectivity index (χ3n) is 3.14. The Labute approximate surface area is 105 Å². The molecule has 0 radical (unpaired) electrons. The molecule has 1 aliphatic carbocycles. The van der Waals surface area contributed by atoms with Crippen molar-refractivity contribution in [1.29, 1.82) is 0 Å². The predicted molar refractivity (Wildman–Crippen MR) is 68.8 cm³/mol. The van der Waals surface area contributed by atoms with Crippen LogP contribution in [0.1, 0.15) is 40.0 Å². The minimum atomic E-state index is -0.509. The Hall–Kier alpha value is 0.170. The van der Waals surface area contributed by atoms with Crippen molar-refractivity contribution >= 4 is 12.4 Å². The second kappa shape index (κ2) is 6.80. The fourth-order valence-electron chi connectivity index (χ4n) is 2.70. The lowest BCUT2D eigenvalue weighted by atomic mass is 9.71. The number of halogens is 1. The molecule has 0 aromatic rings. The summed E-state index contributed by atoms with van der Waals surface area (Å²) in [6.45, 7) is 7.52. The molecule has 3 atom stereocenters. The highest BCUT2D eigenvalue weighted by Crippen LogP contribution is 2.39. The molecule has 4 heteroatoms. The van der Waals surface area contributed by atoms with Crippen LogP contribution in [-0.4, -0.2) is 30.5 Å². The van der Waals surface area contributed by atoms with Crippen molar-refractivity contribution in [3.63, 3.8) is 0 Å². The van der Waals surface area contributed by atoms with Crippen LogP contribution in [0.25, 0.3) is 0 Å². The molecule has 0 aromatic carbocycles. The van der Waals surface area contributed by atoms with Gasteiger partial charge >= 0.3 is 0 Å². The van der Waals surface area contributed by atoms with Crippen LogP contribution >= 0.6 is 12.4 Å². The first kappa shape index (κ1) is 16.2. The molecule has 0 spiro atoms. The van der Waals surface area contributed by atoms with Crippen LogP contribution in [0.4, 0.5) is 0 Å². The second-order valence-electron chi connectivity index (χ2n) is 5.76. The first-order chi connectivity index (χ1) is 6.93.